The highest BCUT2D eigenvalue weighted by molar-refractivity contribution is 5.36. The summed E-state index contributed by atoms with van der Waals surface area (Å²) in [6.07, 6.45) is 1.59. The molecule has 17 heavy (non-hydrogen) atoms. The smallest absolute Gasteiger partial charge is 0.123 e. The Morgan fingerprint density at radius 2 is 2.18 bits per heavy atom. The first-order valence-electron chi connectivity index (χ1n) is 5.51. The fourth-order valence-corrected chi connectivity index (χ4v) is 1.74. The summed E-state index contributed by atoms with van der Waals surface area (Å²) in [6.45, 7) is 0.649. The third kappa shape index (κ3) is 3.96. The minimum atomic E-state index is -0.298. The Labute approximate surface area is 101 Å². The number of rotatable bonds is 7. The molecule has 0 bridgehead atoms. The number of hydrogen-bond acceptors (Lipinski definition) is 4. The number of hydrazine groups is 1. The molecule has 0 saturated carbocycles. The molecule has 1 aromatic carbocycles. The van der Waals surface area contributed by atoms with Crippen molar-refractivity contribution >= 4 is 0 Å². The van der Waals surface area contributed by atoms with Gasteiger partial charge in [-0.15, -0.1) is 0 Å². The number of benzene rings is 1. The Morgan fingerprint density at radius 1 is 1.41 bits per heavy atom. The molecule has 0 aliphatic heterocycles. The average molecular weight is 242 g/mol. The molecule has 0 saturated heterocycles. The van der Waals surface area contributed by atoms with E-state index in [2.05, 4.69) is 5.43 Å². The van der Waals surface area contributed by atoms with E-state index in [9.17, 15) is 4.39 Å². The highest BCUT2D eigenvalue weighted by Crippen LogP contribution is 2.28. The van der Waals surface area contributed by atoms with Crippen LogP contribution < -0.4 is 16.0 Å². The molecule has 0 aliphatic rings. The predicted octanol–water partition coefficient (Wildman–Crippen LogP) is 1.77. The second kappa shape index (κ2) is 7.21. The highest BCUT2D eigenvalue weighted by atomic mass is 19.1. The minimum Gasteiger partial charge on any atom is -0.496 e. The second-order valence-corrected chi connectivity index (χ2v) is 3.74. The van der Waals surface area contributed by atoms with Gasteiger partial charge in [0, 0.05) is 25.3 Å². The molecule has 1 rings (SSSR count). The maximum Gasteiger partial charge on any atom is 0.123 e. The highest BCUT2D eigenvalue weighted by Gasteiger charge is 2.15. The van der Waals surface area contributed by atoms with Gasteiger partial charge in [0.15, 0.2) is 0 Å². The Balaban J connectivity index is 2.82. The largest absolute Gasteiger partial charge is 0.496 e. The van der Waals surface area contributed by atoms with Crippen molar-refractivity contribution in [3.05, 3.63) is 29.6 Å². The van der Waals surface area contributed by atoms with Crippen molar-refractivity contribution in [2.24, 2.45) is 5.84 Å². The van der Waals surface area contributed by atoms with E-state index in [0.717, 1.165) is 18.4 Å². The van der Waals surface area contributed by atoms with E-state index in [1.54, 1.807) is 20.3 Å². The zero-order chi connectivity index (χ0) is 12.7. The Kier molecular flexibility index (Phi) is 5.90. The zero-order valence-corrected chi connectivity index (χ0v) is 10.2. The molecule has 0 radical (unpaired) electrons. The molecule has 1 unspecified atom stereocenters. The number of ether oxygens (including phenoxy) is 2. The lowest BCUT2D eigenvalue weighted by Crippen LogP contribution is -2.28. The van der Waals surface area contributed by atoms with Crippen molar-refractivity contribution in [1.29, 1.82) is 0 Å². The molecule has 0 fully saturated rings. The third-order valence-electron chi connectivity index (χ3n) is 2.61. The van der Waals surface area contributed by atoms with Crippen molar-refractivity contribution < 1.29 is 13.9 Å². The van der Waals surface area contributed by atoms with E-state index in [4.69, 9.17) is 15.3 Å². The van der Waals surface area contributed by atoms with Crippen molar-refractivity contribution in [3.63, 3.8) is 0 Å². The molecule has 1 aromatic rings. The zero-order valence-electron chi connectivity index (χ0n) is 10.2. The standard InChI is InChI=1S/C12H19FN2O2/c1-16-7-3-4-11(15-14)10-8-9(13)5-6-12(10)17-2/h5-6,8,11,15H,3-4,7,14H2,1-2H3. The molecule has 0 spiro atoms. The minimum absolute atomic E-state index is 0.143. The topological polar surface area (TPSA) is 56.5 Å². The Hall–Kier alpha value is -1.17. The fraction of sp³-hybridized carbons (Fsp3) is 0.500. The van der Waals surface area contributed by atoms with Crippen LogP contribution in [0.25, 0.3) is 0 Å². The number of hydrogen-bond donors (Lipinski definition) is 2. The van der Waals surface area contributed by atoms with Crippen LogP contribution in [0.2, 0.25) is 0 Å². The molecular formula is C12H19FN2O2. The van der Waals surface area contributed by atoms with Gasteiger partial charge < -0.3 is 9.47 Å². The molecule has 1 atom stereocenters. The summed E-state index contributed by atoms with van der Waals surface area (Å²) in [4.78, 5) is 0. The lowest BCUT2D eigenvalue weighted by atomic mass is 10.0. The summed E-state index contributed by atoms with van der Waals surface area (Å²) < 4.78 is 23.4. The van der Waals surface area contributed by atoms with E-state index in [1.165, 1.54) is 12.1 Å². The fourth-order valence-electron chi connectivity index (χ4n) is 1.74. The first-order valence-corrected chi connectivity index (χ1v) is 5.51. The normalized spacial score (nSPS) is 12.5. The maximum atomic E-state index is 13.2. The van der Waals surface area contributed by atoms with Gasteiger partial charge in [-0.2, -0.15) is 0 Å². The monoisotopic (exact) mass is 242 g/mol. The molecular weight excluding hydrogens is 223 g/mol. The quantitative estimate of drug-likeness (QED) is 0.434. The lowest BCUT2D eigenvalue weighted by Gasteiger charge is -2.19. The van der Waals surface area contributed by atoms with E-state index < -0.39 is 0 Å². The lowest BCUT2D eigenvalue weighted by molar-refractivity contribution is 0.188. The molecule has 4 nitrogen and oxygen atoms in total. The van der Waals surface area contributed by atoms with Crippen LogP contribution in [-0.2, 0) is 4.74 Å². The van der Waals surface area contributed by atoms with Gasteiger partial charge in [-0.1, -0.05) is 0 Å². The summed E-state index contributed by atoms with van der Waals surface area (Å²) >= 11 is 0. The third-order valence-corrected chi connectivity index (χ3v) is 2.61. The van der Waals surface area contributed by atoms with E-state index in [0.29, 0.717) is 12.4 Å². The molecule has 0 amide bonds. The number of nitrogens with one attached hydrogen (secondary N) is 1. The number of halogens is 1. The molecule has 0 aliphatic carbocycles. The molecule has 3 N–H and O–H groups in total. The first kappa shape index (κ1) is 13.9. The van der Waals surface area contributed by atoms with Crippen molar-refractivity contribution in [1.82, 2.24) is 5.43 Å². The average Bonchev–Trinajstić information content (AvgIpc) is 2.35. The van der Waals surface area contributed by atoms with Gasteiger partial charge in [-0.3, -0.25) is 11.3 Å². The predicted molar refractivity (Wildman–Crippen MR) is 64.1 cm³/mol. The maximum absolute atomic E-state index is 13.2. The number of methoxy groups -OCH3 is 2. The first-order chi connectivity index (χ1) is 8.22. The summed E-state index contributed by atoms with van der Waals surface area (Å²) in [6, 6.07) is 4.27. The Morgan fingerprint density at radius 3 is 2.76 bits per heavy atom. The summed E-state index contributed by atoms with van der Waals surface area (Å²) in [5.41, 5.74) is 3.40. The van der Waals surface area contributed by atoms with Crippen molar-refractivity contribution in [2.75, 3.05) is 20.8 Å². The van der Waals surface area contributed by atoms with Gasteiger partial charge in [0.1, 0.15) is 11.6 Å². The summed E-state index contributed by atoms with van der Waals surface area (Å²) in [5.74, 6) is 5.82. The Bertz CT molecular complexity index is 347. The van der Waals surface area contributed by atoms with Crippen LogP contribution in [0.3, 0.4) is 0 Å². The van der Waals surface area contributed by atoms with Crippen LogP contribution >= 0.6 is 0 Å². The van der Waals surface area contributed by atoms with Gasteiger partial charge in [-0.25, -0.2) is 4.39 Å². The summed E-state index contributed by atoms with van der Waals surface area (Å²) in [7, 11) is 3.20. The second-order valence-electron chi connectivity index (χ2n) is 3.74. The molecule has 5 heteroatoms. The van der Waals surface area contributed by atoms with Crippen LogP contribution in [0.1, 0.15) is 24.4 Å². The SMILES string of the molecule is COCCCC(NN)c1cc(F)ccc1OC. The van der Waals surface area contributed by atoms with Crippen LogP contribution in [0.5, 0.6) is 5.75 Å². The number of nitrogens with two attached hydrogens (primary N) is 1. The van der Waals surface area contributed by atoms with Gasteiger partial charge in [0.25, 0.3) is 0 Å². The van der Waals surface area contributed by atoms with Crippen LogP contribution in [0.4, 0.5) is 4.39 Å². The van der Waals surface area contributed by atoms with E-state index >= 15 is 0 Å². The molecule has 96 valence electrons. The van der Waals surface area contributed by atoms with Crippen LogP contribution in [0.15, 0.2) is 18.2 Å². The van der Waals surface area contributed by atoms with Crippen molar-refractivity contribution in [3.8, 4) is 5.75 Å². The molecule has 0 heterocycles. The van der Waals surface area contributed by atoms with Gasteiger partial charge in [-0.05, 0) is 31.0 Å². The van der Waals surface area contributed by atoms with Gasteiger partial charge in [0.2, 0.25) is 0 Å². The van der Waals surface area contributed by atoms with Crippen LogP contribution in [-0.4, -0.2) is 20.8 Å². The van der Waals surface area contributed by atoms with E-state index in [1.807, 2.05) is 0 Å². The molecule has 0 aromatic heterocycles. The van der Waals surface area contributed by atoms with Crippen molar-refractivity contribution in [2.45, 2.75) is 18.9 Å². The summed E-state index contributed by atoms with van der Waals surface area (Å²) in [5, 5.41) is 0. The van der Waals surface area contributed by atoms with Gasteiger partial charge in [0.05, 0.1) is 7.11 Å². The van der Waals surface area contributed by atoms with Gasteiger partial charge >= 0.3 is 0 Å². The van der Waals surface area contributed by atoms with Crippen LogP contribution in [0, 0.1) is 5.82 Å². The van der Waals surface area contributed by atoms with E-state index in [-0.39, 0.29) is 11.9 Å².